The molecule has 1 heterocycles. The van der Waals surface area contributed by atoms with Gasteiger partial charge in [-0.05, 0) is 42.5 Å². The molecule has 0 radical (unpaired) electrons. The third kappa shape index (κ3) is 5.06. The molecule has 0 saturated carbocycles. The average molecular weight is 418 g/mol. The van der Waals surface area contributed by atoms with E-state index >= 15 is 0 Å². The summed E-state index contributed by atoms with van der Waals surface area (Å²) < 4.78 is 6.16. The fraction of sp³-hybridized carbons (Fsp3) is 0.263. The van der Waals surface area contributed by atoms with Gasteiger partial charge in [0.15, 0.2) is 0 Å². The van der Waals surface area contributed by atoms with Gasteiger partial charge < -0.3 is 20.3 Å². The highest BCUT2D eigenvalue weighted by Gasteiger charge is 2.12. The summed E-state index contributed by atoms with van der Waals surface area (Å²) in [5.41, 5.74) is 2.31. The van der Waals surface area contributed by atoms with Crippen LogP contribution in [-0.2, 0) is 9.53 Å². The van der Waals surface area contributed by atoms with Gasteiger partial charge in [-0.15, -0.1) is 0 Å². The number of benzene rings is 2. The molecular weight excluding hydrogens is 398 g/mol. The van der Waals surface area contributed by atoms with Gasteiger partial charge in [0.2, 0.25) is 5.91 Å². The largest absolute Gasteiger partial charge is 0.378 e. The molecule has 6 nitrogen and oxygen atoms in total. The summed E-state index contributed by atoms with van der Waals surface area (Å²) in [4.78, 5) is 26.3. The number of anilines is 2. The molecule has 0 unspecified atom stereocenters. The molecule has 1 aliphatic rings. The molecule has 1 aliphatic heterocycles. The van der Waals surface area contributed by atoms with Crippen molar-refractivity contribution in [3.8, 4) is 0 Å². The van der Waals surface area contributed by atoms with Crippen LogP contribution in [0.2, 0.25) is 0 Å². The number of morpholine rings is 1. The lowest BCUT2D eigenvalue weighted by atomic mass is 10.2. The van der Waals surface area contributed by atoms with Crippen LogP contribution in [-0.4, -0.2) is 44.7 Å². The van der Waals surface area contributed by atoms with E-state index in [1.807, 2.05) is 30.3 Å². The Morgan fingerprint density at radius 3 is 2.50 bits per heavy atom. The summed E-state index contributed by atoms with van der Waals surface area (Å²) in [5.74, 6) is -0.559. The SMILES string of the molecule is O=C(CNC(=O)c1cccc(Br)c1)Nc1ccc(N2CCOCC2)cc1. The van der Waals surface area contributed by atoms with Gasteiger partial charge in [0.05, 0.1) is 19.8 Å². The second-order valence-corrected chi connectivity index (χ2v) is 6.80. The minimum atomic E-state index is -0.288. The van der Waals surface area contributed by atoms with Gasteiger partial charge in [-0.25, -0.2) is 0 Å². The van der Waals surface area contributed by atoms with E-state index in [2.05, 4.69) is 31.5 Å². The van der Waals surface area contributed by atoms with E-state index in [0.29, 0.717) is 11.3 Å². The van der Waals surface area contributed by atoms with Gasteiger partial charge in [0.1, 0.15) is 0 Å². The minimum absolute atomic E-state index is 0.0867. The van der Waals surface area contributed by atoms with Crippen LogP contribution < -0.4 is 15.5 Å². The quantitative estimate of drug-likeness (QED) is 0.784. The highest BCUT2D eigenvalue weighted by atomic mass is 79.9. The Morgan fingerprint density at radius 1 is 1.08 bits per heavy atom. The molecule has 2 N–H and O–H groups in total. The molecule has 2 amide bonds. The van der Waals surface area contributed by atoms with Gasteiger partial charge in [0, 0.05) is 34.5 Å². The molecule has 1 fully saturated rings. The van der Waals surface area contributed by atoms with Gasteiger partial charge in [-0.1, -0.05) is 22.0 Å². The molecule has 0 bridgehead atoms. The molecule has 0 spiro atoms. The zero-order chi connectivity index (χ0) is 18.4. The monoisotopic (exact) mass is 417 g/mol. The fourth-order valence-corrected chi connectivity index (χ4v) is 3.07. The molecule has 26 heavy (non-hydrogen) atoms. The predicted octanol–water partition coefficient (Wildman–Crippen LogP) is 2.65. The summed E-state index contributed by atoms with van der Waals surface area (Å²) in [6.45, 7) is 3.11. The first-order chi connectivity index (χ1) is 12.6. The Bertz CT molecular complexity index is 774. The number of ether oxygens (including phenoxy) is 1. The number of nitrogens with zero attached hydrogens (tertiary/aromatic N) is 1. The van der Waals surface area contributed by atoms with Crippen LogP contribution in [0.3, 0.4) is 0 Å². The maximum Gasteiger partial charge on any atom is 0.251 e. The Labute approximate surface area is 160 Å². The summed E-state index contributed by atoms with van der Waals surface area (Å²) in [5, 5.41) is 5.40. The number of carbonyl (C=O) groups excluding carboxylic acids is 2. The molecule has 0 atom stereocenters. The van der Waals surface area contributed by atoms with E-state index < -0.39 is 0 Å². The molecule has 0 aliphatic carbocycles. The van der Waals surface area contributed by atoms with Crippen molar-refractivity contribution in [2.75, 3.05) is 43.1 Å². The number of rotatable bonds is 5. The van der Waals surface area contributed by atoms with Gasteiger partial charge in [0.25, 0.3) is 5.91 Å². The summed E-state index contributed by atoms with van der Waals surface area (Å²) >= 11 is 3.32. The maximum absolute atomic E-state index is 12.0. The van der Waals surface area contributed by atoms with Crippen LogP contribution in [0.1, 0.15) is 10.4 Å². The van der Waals surface area contributed by atoms with Crippen molar-refractivity contribution in [1.29, 1.82) is 0 Å². The molecule has 136 valence electrons. The Kier molecular flexibility index (Phi) is 6.25. The number of halogens is 1. The zero-order valence-electron chi connectivity index (χ0n) is 14.2. The molecular formula is C19H20BrN3O3. The lowest BCUT2D eigenvalue weighted by Gasteiger charge is -2.28. The van der Waals surface area contributed by atoms with E-state index in [0.717, 1.165) is 36.5 Å². The van der Waals surface area contributed by atoms with Gasteiger partial charge >= 0.3 is 0 Å². The first-order valence-electron chi connectivity index (χ1n) is 8.38. The normalized spacial score (nSPS) is 14.0. The van der Waals surface area contributed by atoms with E-state index in [1.54, 1.807) is 18.2 Å². The lowest BCUT2D eigenvalue weighted by Crippen LogP contribution is -2.36. The van der Waals surface area contributed by atoms with Crippen LogP contribution in [0.25, 0.3) is 0 Å². The van der Waals surface area contributed by atoms with E-state index in [4.69, 9.17) is 4.74 Å². The van der Waals surface area contributed by atoms with Crippen LogP contribution in [0.5, 0.6) is 0 Å². The Hall–Kier alpha value is -2.38. The van der Waals surface area contributed by atoms with Crippen molar-refractivity contribution in [2.45, 2.75) is 0 Å². The summed E-state index contributed by atoms with van der Waals surface area (Å²) in [7, 11) is 0. The van der Waals surface area contributed by atoms with E-state index in [-0.39, 0.29) is 18.4 Å². The molecule has 2 aromatic rings. The fourth-order valence-electron chi connectivity index (χ4n) is 2.67. The van der Waals surface area contributed by atoms with Crippen LogP contribution in [0, 0.1) is 0 Å². The lowest BCUT2D eigenvalue weighted by molar-refractivity contribution is -0.115. The van der Waals surface area contributed by atoms with Crippen molar-refractivity contribution in [2.24, 2.45) is 0 Å². The van der Waals surface area contributed by atoms with E-state index in [9.17, 15) is 9.59 Å². The number of carbonyl (C=O) groups is 2. The second-order valence-electron chi connectivity index (χ2n) is 5.89. The minimum Gasteiger partial charge on any atom is -0.378 e. The molecule has 2 aromatic carbocycles. The third-order valence-corrected chi connectivity index (χ3v) is 4.52. The first-order valence-corrected chi connectivity index (χ1v) is 9.17. The standard InChI is InChI=1S/C19H20BrN3O3/c20-15-3-1-2-14(12-15)19(25)21-13-18(24)22-16-4-6-17(7-5-16)23-8-10-26-11-9-23/h1-7,12H,8-11,13H2,(H,21,25)(H,22,24). The van der Waals surface area contributed by atoms with Crippen molar-refractivity contribution < 1.29 is 14.3 Å². The molecule has 3 rings (SSSR count). The average Bonchev–Trinajstić information content (AvgIpc) is 2.67. The molecule has 1 saturated heterocycles. The highest BCUT2D eigenvalue weighted by Crippen LogP contribution is 2.19. The molecule has 0 aromatic heterocycles. The van der Waals surface area contributed by atoms with Crippen LogP contribution >= 0.6 is 15.9 Å². The van der Waals surface area contributed by atoms with Crippen molar-refractivity contribution in [3.05, 3.63) is 58.6 Å². The van der Waals surface area contributed by atoms with Crippen molar-refractivity contribution in [3.63, 3.8) is 0 Å². The third-order valence-electron chi connectivity index (χ3n) is 4.02. The van der Waals surface area contributed by atoms with Crippen LogP contribution in [0.15, 0.2) is 53.0 Å². The number of nitrogens with one attached hydrogen (secondary N) is 2. The summed E-state index contributed by atoms with van der Waals surface area (Å²) in [6.07, 6.45) is 0. The zero-order valence-corrected chi connectivity index (χ0v) is 15.8. The number of hydrogen-bond donors (Lipinski definition) is 2. The maximum atomic E-state index is 12.0. The second kappa shape index (κ2) is 8.82. The Morgan fingerprint density at radius 2 is 1.81 bits per heavy atom. The first kappa shape index (κ1) is 18.4. The van der Waals surface area contributed by atoms with Crippen molar-refractivity contribution >= 4 is 39.1 Å². The van der Waals surface area contributed by atoms with Crippen molar-refractivity contribution in [1.82, 2.24) is 5.32 Å². The smallest absolute Gasteiger partial charge is 0.251 e. The topological polar surface area (TPSA) is 70.7 Å². The van der Waals surface area contributed by atoms with Gasteiger partial charge in [-0.2, -0.15) is 0 Å². The summed E-state index contributed by atoms with van der Waals surface area (Å²) in [6, 6.07) is 14.7. The predicted molar refractivity (Wildman–Crippen MR) is 105 cm³/mol. The Balaban J connectivity index is 1.49. The number of hydrogen-bond acceptors (Lipinski definition) is 4. The molecule has 7 heteroatoms. The van der Waals surface area contributed by atoms with E-state index in [1.165, 1.54) is 0 Å². The van der Waals surface area contributed by atoms with Crippen LogP contribution in [0.4, 0.5) is 11.4 Å². The highest BCUT2D eigenvalue weighted by molar-refractivity contribution is 9.10. The number of amides is 2. The van der Waals surface area contributed by atoms with Gasteiger partial charge in [-0.3, -0.25) is 9.59 Å².